The summed E-state index contributed by atoms with van der Waals surface area (Å²) in [5.74, 6) is 2.18. The Labute approximate surface area is 150 Å². The molecule has 0 atom stereocenters. The predicted octanol–water partition coefficient (Wildman–Crippen LogP) is 1.08. The van der Waals surface area contributed by atoms with Crippen molar-refractivity contribution >= 4 is 17.4 Å². The molecular formula is C17H20N8O. The number of likely N-dealkylation sites (tertiary alicyclic amines) is 1. The molecule has 3 aromatic rings. The SMILES string of the molecule is O=C(c1cn[nH]c1)N1CCC(c2nnc3ccc(N4CCC4)nn23)CC1. The molecule has 2 fully saturated rings. The Morgan fingerprint density at radius 2 is 1.96 bits per heavy atom. The number of aromatic amines is 1. The first-order chi connectivity index (χ1) is 12.8. The second-order valence-electron chi connectivity index (χ2n) is 6.91. The zero-order chi connectivity index (χ0) is 17.5. The van der Waals surface area contributed by atoms with E-state index in [1.807, 2.05) is 21.5 Å². The number of fused-ring (bicyclic) bond motifs is 1. The van der Waals surface area contributed by atoms with Crippen LogP contribution in [0.1, 0.15) is 41.4 Å². The zero-order valence-corrected chi connectivity index (χ0v) is 14.4. The minimum absolute atomic E-state index is 0.0292. The molecule has 0 bridgehead atoms. The lowest BCUT2D eigenvalue weighted by atomic mass is 9.96. The maximum atomic E-state index is 12.4. The fourth-order valence-corrected chi connectivity index (χ4v) is 3.66. The molecule has 0 radical (unpaired) electrons. The fraction of sp³-hybridized carbons (Fsp3) is 0.471. The van der Waals surface area contributed by atoms with E-state index in [0.717, 1.165) is 43.2 Å². The van der Waals surface area contributed by atoms with Crippen LogP contribution in [0.25, 0.3) is 5.65 Å². The van der Waals surface area contributed by atoms with Gasteiger partial charge in [-0.2, -0.15) is 9.61 Å². The van der Waals surface area contributed by atoms with Gasteiger partial charge in [0.05, 0.1) is 11.8 Å². The summed E-state index contributed by atoms with van der Waals surface area (Å²) in [5.41, 5.74) is 1.39. The topological polar surface area (TPSA) is 95.3 Å². The number of aromatic nitrogens is 6. The lowest BCUT2D eigenvalue weighted by molar-refractivity contribution is 0.0710. The minimum Gasteiger partial charge on any atom is -0.355 e. The normalized spacial score (nSPS) is 18.3. The van der Waals surface area contributed by atoms with Crippen molar-refractivity contribution in [3.8, 4) is 0 Å². The van der Waals surface area contributed by atoms with Gasteiger partial charge in [0.2, 0.25) is 0 Å². The summed E-state index contributed by atoms with van der Waals surface area (Å²) in [6, 6.07) is 3.99. The fourth-order valence-electron chi connectivity index (χ4n) is 3.66. The van der Waals surface area contributed by atoms with E-state index in [0.29, 0.717) is 18.7 Å². The Bertz CT molecular complexity index is 922. The molecule has 0 aliphatic carbocycles. The lowest BCUT2D eigenvalue weighted by Crippen LogP contribution is -2.38. The number of nitrogens with zero attached hydrogens (tertiary/aromatic N) is 7. The quantitative estimate of drug-likeness (QED) is 0.758. The van der Waals surface area contributed by atoms with Gasteiger partial charge in [0.15, 0.2) is 11.5 Å². The summed E-state index contributed by atoms with van der Waals surface area (Å²) in [4.78, 5) is 16.6. The number of nitrogens with one attached hydrogen (secondary N) is 1. The van der Waals surface area contributed by atoms with Gasteiger partial charge in [-0.1, -0.05) is 0 Å². The van der Waals surface area contributed by atoms with Crippen molar-refractivity contribution in [2.24, 2.45) is 0 Å². The van der Waals surface area contributed by atoms with Crippen LogP contribution in [0, 0.1) is 0 Å². The molecule has 3 aromatic heterocycles. The van der Waals surface area contributed by atoms with E-state index in [4.69, 9.17) is 5.10 Å². The van der Waals surface area contributed by atoms with Crippen molar-refractivity contribution in [3.63, 3.8) is 0 Å². The average Bonchev–Trinajstić information content (AvgIpc) is 3.29. The predicted molar refractivity (Wildman–Crippen MR) is 94.1 cm³/mol. The first kappa shape index (κ1) is 15.3. The molecule has 1 N–H and O–H groups in total. The average molecular weight is 352 g/mol. The maximum absolute atomic E-state index is 12.4. The van der Waals surface area contributed by atoms with E-state index in [2.05, 4.69) is 25.3 Å². The van der Waals surface area contributed by atoms with Crippen LogP contribution >= 0.6 is 0 Å². The summed E-state index contributed by atoms with van der Waals surface area (Å²) in [5, 5.41) is 20.0. The molecule has 0 spiro atoms. The molecule has 2 saturated heterocycles. The Balaban J connectivity index is 1.34. The molecule has 9 heteroatoms. The summed E-state index contributed by atoms with van der Waals surface area (Å²) in [6.07, 6.45) is 6.15. The van der Waals surface area contributed by atoms with Gasteiger partial charge < -0.3 is 9.80 Å². The van der Waals surface area contributed by atoms with Gasteiger partial charge >= 0.3 is 0 Å². The monoisotopic (exact) mass is 352 g/mol. The van der Waals surface area contributed by atoms with Gasteiger partial charge in [0, 0.05) is 38.3 Å². The number of rotatable bonds is 3. The highest BCUT2D eigenvalue weighted by Crippen LogP contribution is 2.28. The van der Waals surface area contributed by atoms with Gasteiger partial charge in [-0.25, -0.2) is 0 Å². The number of anilines is 1. The van der Waals surface area contributed by atoms with Crippen LogP contribution in [-0.2, 0) is 0 Å². The highest BCUT2D eigenvalue weighted by atomic mass is 16.2. The van der Waals surface area contributed by atoms with Crippen molar-refractivity contribution in [1.29, 1.82) is 0 Å². The first-order valence-electron chi connectivity index (χ1n) is 9.05. The van der Waals surface area contributed by atoms with Gasteiger partial charge in [-0.05, 0) is 31.4 Å². The van der Waals surface area contributed by atoms with Gasteiger partial charge in [-0.3, -0.25) is 9.89 Å². The van der Waals surface area contributed by atoms with Crippen LogP contribution in [0.5, 0.6) is 0 Å². The van der Waals surface area contributed by atoms with Crippen molar-refractivity contribution in [1.82, 2.24) is 34.9 Å². The number of carbonyl (C=O) groups is 1. The Hall–Kier alpha value is -2.97. The number of H-pyrrole nitrogens is 1. The molecule has 5 rings (SSSR count). The van der Waals surface area contributed by atoms with E-state index in [9.17, 15) is 4.79 Å². The third-order valence-electron chi connectivity index (χ3n) is 5.35. The molecular weight excluding hydrogens is 332 g/mol. The Morgan fingerprint density at radius 3 is 2.65 bits per heavy atom. The Kier molecular flexibility index (Phi) is 3.58. The van der Waals surface area contributed by atoms with E-state index < -0.39 is 0 Å². The van der Waals surface area contributed by atoms with Crippen molar-refractivity contribution in [2.75, 3.05) is 31.1 Å². The number of carbonyl (C=O) groups excluding carboxylic acids is 1. The van der Waals surface area contributed by atoms with Gasteiger partial charge in [-0.15, -0.1) is 15.3 Å². The highest BCUT2D eigenvalue weighted by Gasteiger charge is 2.28. The van der Waals surface area contributed by atoms with Crippen LogP contribution in [-0.4, -0.2) is 67.0 Å². The number of amides is 1. The highest BCUT2D eigenvalue weighted by molar-refractivity contribution is 5.93. The summed E-state index contributed by atoms with van der Waals surface area (Å²) >= 11 is 0. The molecule has 26 heavy (non-hydrogen) atoms. The Morgan fingerprint density at radius 1 is 1.12 bits per heavy atom. The van der Waals surface area contributed by atoms with Crippen LogP contribution in [0.15, 0.2) is 24.5 Å². The molecule has 1 amide bonds. The second-order valence-corrected chi connectivity index (χ2v) is 6.91. The second kappa shape index (κ2) is 6.08. The largest absolute Gasteiger partial charge is 0.355 e. The molecule has 0 saturated carbocycles. The summed E-state index contributed by atoms with van der Waals surface area (Å²) in [7, 11) is 0. The van der Waals surface area contributed by atoms with Gasteiger partial charge in [0.25, 0.3) is 5.91 Å². The third-order valence-corrected chi connectivity index (χ3v) is 5.35. The number of hydrogen-bond donors (Lipinski definition) is 1. The smallest absolute Gasteiger partial charge is 0.257 e. The van der Waals surface area contributed by atoms with E-state index in [-0.39, 0.29) is 11.8 Å². The molecule has 5 heterocycles. The molecule has 2 aliphatic rings. The van der Waals surface area contributed by atoms with Crippen LogP contribution in [0.3, 0.4) is 0 Å². The molecule has 134 valence electrons. The maximum Gasteiger partial charge on any atom is 0.257 e. The van der Waals surface area contributed by atoms with Crippen LogP contribution < -0.4 is 4.90 Å². The number of piperidine rings is 1. The van der Waals surface area contributed by atoms with Crippen molar-refractivity contribution in [3.05, 3.63) is 35.9 Å². The van der Waals surface area contributed by atoms with Gasteiger partial charge in [0.1, 0.15) is 5.82 Å². The van der Waals surface area contributed by atoms with E-state index >= 15 is 0 Å². The third kappa shape index (κ3) is 2.51. The summed E-state index contributed by atoms with van der Waals surface area (Å²) < 4.78 is 1.88. The van der Waals surface area contributed by atoms with E-state index in [1.165, 1.54) is 6.42 Å². The summed E-state index contributed by atoms with van der Waals surface area (Å²) in [6.45, 7) is 3.53. The molecule has 9 nitrogen and oxygen atoms in total. The zero-order valence-electron chi connectivity index (χ0n) is 14.4. The van der Waals surface area contributed by atoms with Crippen molar-refractivity contribution < 1.29 is 4.79 Å². The first-order valence-corrected chi connectivity index (χ1v) is 9.05. The lowest BCUT2D eigenvalue weighted by Gasteiger charge is -2.32. The van der Waals surface area contributed by atoms with Crippen LogP contribution in [0.2, 0.25) is 0 Å². The number of hydrogen-bond acceptors (Lipinski definition) is 6. The van der Waals surface area contributed by atoms with Crippen molar-refractivity contribution in [2.45, 2.75) is 25.2 Å². The standard InChI is InChI=1S/C17H20N8O/c26-17(13-10-18-19-11-13)24-8-4-12(5-9-24)16-21-20-14-2-3-15(22-25(14)16)23-6-1-7-23/h2-3,10-12H,1,4-9H2,(H,18,19). The minimum atomic E-state index is 0.0292. The molecule has 0 aromatic carbocycles. The van der Waals surface area contributed by atoms with Crippen LogP contribution in [0.4, 0.5) is 5.82 Å². The molecule has 0 unspecified atom stereocenters. The van der Waals surface area contributed by atoms with E-state index in [1.54, 1.807) is 12.4 Å². The molecule has 2 aliphatic heterocycles.